The predicted octanol–water partition coefficient (Wildman–Crippen LogP) is 4.78. The number of benzene rings is 2. The van der Waals surface area contributed by atoms with Crippen LogP contribution in [0.1, 0.15) is 20.8 Å². The number of carbonyl (C=O) groups excluding carboxylic acids is 1. The van der Waals surface area contributed by atoms with Crippen LogP contribution in [0.15, 0.2) is 54.7 Å². The van der Waals surface area contributed by atoms with Crippen molar-refractivity contribution in [2.75, 3.05) is 5.32 Å². The molecule has 23 heavy (non-hydrogen) atoms. The van der Waals surface area contributed by atoms with Crippen LogP contribution in [0, 0.1) is 5.82 Å². The van der Waals surface area contributed by atoms with Gasteiger partial charge in [0.05, 0.1) is 10.6 Å². The van der Waals surface area contributed by atoms with Crippen LogP contribution in [-0.2, 0) is 6.42 Å². The summed E-state index contributed by atoms with van der Waals surface area (Å²) in [4.78, 5) is 17.3. The van der Waals surface area contributed by atoms with E-state index in [2.05, 4.69) is 10.3 Å². The number of thiazole rings is 1. The topological polar surface area (TPSA) is 42.0 Å². The van der Waals surface area contributed by atoms with E-state index in [1.54, 1.807) is 42.6 Å². The second kappa shape index (κ2) is 6.89. The lowest BCUT2D eigenvalue weighted by atomic mass is 10.1. The number of nitrogens with one attached hydrogen (secondary N) is 1. The molecule has 0 radical (unpaired) electrons. The number of rotatable bonds is 4. The zero-order chi connectivity index (χ0) is 16.2. The van der Waals surface area contributed by atoms with Gasteiger partial charge in [-0.2, -0.15) is 0 Å². The number of aromatic nitrogens is 1. The smallest absolute Gasteiger partial charge is 0.258 e. The molecule has 0 bridgehead atoms. The van der Waals surface area contributed by atoms with Crippen molar-refractivity contribution in [3.63, 3.8) is 0 Å². The van der Waals surface area contributed by atoms with Gasteiger partial charge >= 0.3 is 0 Å². The van der Waals surface area contributed by atoms with E-state index < -0.39 is 0 Å². The molecular formula is C17H12ClFN2OS. The summed E-state index contributed by atoms with van der Waals surface area (Å²) in [6.07, 6.45) is 2.34. The molecule has 1 N–H and O–H groups in total. The van der Waals surface area contributed by atoms with E-state index in [4.69, 9.17) is 11.6 Å². The van der Waals surface area contributed by atoms with Crippen molar-refractivity contribution in [1.29, 1.82) is 0 Å². The van der Waals surface area contributed by atoms with Gasteiger partial charge in [0.15, 0.2) is 5.13 Å². The third-order valence-electron chi connectivity index (χ3n) is 3.18. The summed E-state index contributed by atoms with van der Waals surface area (Å²) in [5.74, 6) is -0.552. The first-order valence-corrected chi connectivity index (χ1v) is 8.06. The molecule has 0 aliphatic rings. The summed E-state index contributed by atoms with van der Waals surface area (Å²) in [6, 6.07) is 13.2. The van der Waals surface area contributed by atoms with Crippen LogP contribution in [0.2, 0.25) is 5.02 Å². The highest BCUT2D eigenvalue weighted by atomic mass is 35.5. The van der Waals surface area contributed by atoms with Crippen molar-refractivity contribution in [3.05, 3.63) is 81.6 Å². The highest BCUT2D eigenvalue weighted by Crippen LogP contribution is 2.23. The Morgan fingerprint density at radius 2 is 1.91 bits per heavy atom. The van der Waals surface area contributed by atoms with Crippen molar-refractivity contribution in [2.45, 2.75) is 6.42 Å². The zero-order valence-electron chi connectivity index (χ0n) is 11.9. The Balaban J connectivity index is 1.69. The molecule has 0 fully saturated rings. The quantitative estimate of drug-likeness (QED) is 0.738. The van der Waals surface area contributed by atoms with E-state index in [9.17, 15) is 9.18 Å². The van der Waals surface area contributed by atoms with Crippen LogP contribution >= 0.6 is 22.9 Å². The lowest BCUT2D eigenvalue weighted by Gasteiger charge is -2.03. The average Bonchev–Trinajstić information content (AvgIpc) is 2.97. The SMILES string of the molecule is O=C(Nc1ncc(Cc2ccc(F)cc2)s1)c1ccccc1Cl. The Bertz CT molecular complexity index is 833. The molecule has 0 spiro atoms. The molecule has 116 valence electrons. The maximum Gasteiger partial charge on any atom is 0.258 e. The number of anilines is 1. The van der Waals surface area contributed by atoms with E-state index in [1.165, 1.54) is 23.5 Å². The van der Waals surface area contributed by atoms with Gasteiger partial charge < -0.3 is 0 Å². The molecule has 0 unspecified atom stereocenters. The molecule has 0 aliphatic heterocycles. The summed E-state index contributed by atoms with van der Waals surface area (Å²) >= 11 is 7.38. The molecule has 0 saturated carbocycles. The fraction of sp³-hybridized carbons (Fsp3) is 0.0588. The monoisotopic (exact) mass is 346 g/mol. The summed E-state index contributed by atoms with van der Waals surface area (Å²) in [7, 11) is 0. The van der Waals surface area contributed by atoms with E-state index in [0.29, 0.717) is 22.1 Å². The van der Waals surface area contributed by atoms with E-state index in [-0.39, 0.29) is 11.7 Å². The lowest BCUT2D eigenvalue weighted by molar-refractivity contribution is 0.102. The van der Waals surface area contributed by atoms with E-state index >= 15 is 0 Å². The normalized spacial score (nSPS) is 10.5. The second-order valence-electron chi connectivity index (χ2n) is 4.87. The molecule has 1 aromatic heterocycles. The molecule has 2 aromatic carbocycles. The fourth-order valence-electron chi connectivity index (χ4n) is 2.06. The van der Waals surface area contributed by atoms with Crippen LogP contribution in [0.5, 0.6) is 0 Å². The Labute approximate surface area is 141 Å². The van der Waals surface area contributed by atoms with E-state index in [1.807, 2.05) is 0 Å². The van der Waals surface area contributed by atoms with Crippen LogP contribution in [0.3, 0.4) is 0 Å². The Morgan fingerprint density at radius 1 is 1.17 bits per heavy atom. The van der Waals surface area contributed by atoms with Crippen molar-refractivity contribution < 1.29 is 9.18 Å². The van der Waals surface area contributed by atoms with Gasteiger partial charge in [0.1, 0.15) is 5.82 Å². The molecular weight excluding hydrogens is 335 g/mol. The van der Waals surface area contributed by atoms with Crippen molar-refractivity contribution >= 4 is 34.0 Å². The van der Waals surface area contributed by atoms with Crippen LogP contribution in [0.25, 0.3) is 0 Å². The molecule has 1 heterocycles. The minimum atomic E-state index is -0.293. The first-order valence-electron chi connectivity index (χ1n) is 6.87. The van der Waals surface area contributed by atoms with Gasteiger partial charge in [0, 0.05) is 17.5 Å². The molecule has 6 heteroatoms. The first kappa shape index (κ1) is 15.6. The summed E-state index contributed by atoms with van der Waals surface area (Å²) in [5, 5.41) is 3.64. The van der Waals surface area contributed by atoms with Gasteiger partial charge in [0.25, 0.3) is 5.91 Å². The Hall–Kier alpha value is -2.24. The maximum atomic E-state index is 12.9. The Kier molecular flexibility index (Phi) is 4.69. The molecule has 3 rings (SSSR count). The van der Waals surface area contributed by atoms with Crippen LogP contribution in [0.4, 0.5) is 9.52 Å². The van der Waals surface area contributed by atoms with Crippen molar-refractivity contribution in [1.82, 2.24) is 4.98 Å². The molecule has 0 atom stereocenters. The van der Waals surface area contributed by atoms with E-state index in [0.717, 1.165) is 10.4 Å². The van der Waals surface area contributed by atoms with Crippen LogP contribution < -0.4 is 5.32 Å². The van der Waals surface area contributed by atoms with Gasteiger partial charge in [-0.05, 0) is 29.8 Å². The van der Waals surface area contributed by atoms with Gasteiger partial charge in [-0.1, -0.05) is 35.9 Å². The van der Waals surface area contributed by atoms with Crippen molar-refractivity contribution in [3.8, 4) is 0 Å². The van der Waals surface area contributed by atoms with Crippen molar-refractivity contribution in [2.24, 2.45) is 0 Å². The molecule has 3 nitrogen and oxygen atoms in total. The lowest BCUT2D eigenvalue weighted by Crippen LogP contribution is -2.11. The number of nitrogens with zero attached hydrogens (tertiary/aromatic N) is 1. The predicted molar refractivity (Wildman–Crippen MR) is 90.7 cm³/mol. The fourth-order valence-corrected chi connectivity index (χ4v) is 3.12. The minimum absolute atomic E-state index is 0.259. The highest BCUT2D eigenvalue weighted by Gasteiger charge is 2.12. The average molecular weight is 347 g/mol. The summed E-state index contributed by atoms with van der Waals surface area (Å²) in [5.41, 5.74) is 1.39. The molecule has 1 amide bonds. The number of hydrogen-bond acceptors (Lipinski definition) is 3. The maximum absolute atomic E-state index is 12.9. The number of hydrogen-bond donors (Lipinski definition) is 1. The third-order valence-corrected chi connectivity index (χ3v) is 4.43. The third kappa shape index (κ3) is 3.94. The number of halogens is 2. The number of carbonyl (C=O) groups is 1. The number of amides is 1. The largest absolute Gasteiger partial charge is 0.298 e. The zero-order valence-corrected chi connectivity index (χ0v) is 13.5. The molecule has 0 saturated heterocycles. The van der Waals surface area contributed by atoms with Gasteiger partial charge in [-0.3, -0.25) is 10.1 Å². The van der Waals surface area contributed by atoms with Gasteiger partial charge in [-0.15, -0.1) is 11.3 Å². The summed E-state index contributed by atoms with van der Waals surface area (Å²) < 4.78 is 12.9. The highest BCUT2D eigenvalue weighted by molar-refractivity contribution is 7.15. The minimum Gasteiger partial charge on any atom is -0.298 e. The van der Waals surface area contributed by atoms with Gasteiger partial charge in [0.2, 0.25) is 0 Å². The Morgan fingerprint density at radius 3 is 2.65 bits per heavy atom. The second-order valence-corrected chi connectivity index (χ2v) is 6.39. The summed E-state index contributed by atoms with van der Waals surface area (Å²) in [6.45, 7) is 0. The molecule has 0 aliphatic carbocycles. The molecule has 3 aromatic rings. The van der Waals surface area contributed by atoms with Gasteiger partial charge in [-0.25, -0.2) is 9.37 Å². The standard InChI is InChI=1S/C17H12ClFN2OS/c18-15-4-2-1-3-14(15)16(22)21-17-20-10-13(23-17)9-11-5-7-12(19)8-6-11/h1-8,10H,9H2,(H,20,21,22). The van der Waals surface area contributed by atoms with Crippen LogP contribution in [-0.4, -0.2) is 10.9 Å². The first-order chi connectivity index (χ1) is 11.1.